The van der Waals surface area contributed by atoms with Crippen LogP contribution in [0.3, 0.4) is 0 Å². The van der Waals surface area contributed by atoms with Crippen LogP contribution in [-0.2, 0) is 6.54 Å². The van der Waals surface area contributed by atoms with Gasteiger partial charge in [0.15, 0.2) is 0 Å². The van der Waals surface area contributed by atoms with Crippen molar-refractivity contribution in [2.24, 2.45) is 0 Å². The molecule has 0 atom stereocenters. The van der Waals surface area contributed by atoms with E-state index in [-0.39, 0.29) is 0 Å². The molecule has 0 saturated heterocycles. The van der Waals surface area contributed by atoms with Crippen LogP contribution in [0.5, 0.6) is 5.75 Å². The zero-order valence-electron chi connectivity index (χ0n) is 16.8. The first kappa shape index (κ1) is 19.9. The van der Waals surface area contributed by atoms with Gasteiger partial charge in [0.1, 0.15) is 17.4 Å². The van der Waals surface area contributed by atoms with Gasteiger partial charge in [0.25, 0.3) is 0 Å². The van der Waals surface area contributed by atoms with Crippen molar-refractivity contribution in [2.75, 3.05) is 12.4 Å². The van der Waals surface area contributed by atoms with E-state index in [2.05, 4.69) is 26.3 Å². The number of hydrogen-bond donors (Lipinski definition) is 1. The van der Waals surface area contributed by atoms with Crippen LogP contribution in [0.1, 0.15) is 11.4 Å². The third-order valence-corrected chi connectivity index (χ3v) is 4.93. The average molecular weight is 417 g/mol. The molecule has 0 aliphatic rings. The topological polar surface area (TPSA) is 59.9 Å². The molecular weight excluding hydrogens is 396 g/mol. The molecular formula is C24H21ClN4O. The molecule has 150 valence electrons. The number of halogens is 1. The Bertz CT molecular complexity index is 1140. The average Bonchev–Trinajstić information content (AvgIpc) is 2.78. The maximum absolute atomic E-state index is 5.96. The van der Waals surface area contributed by atoms with Crippen LogP contribution >= 0.6 is 11.6 Å². The van der Waals surface area contributed by atoms with Crippen molar-refractivity contribution in [1.29, 1.82) is 0 Å². The van der Waals surface area contributed by atoms with E-state index >= 15 is 0 Å². The Balaban J connectivity index is 1.58. The molecule has 2 aromatic carbocycles. The van der Waals surface area contributed by atoms with E-state index in [0.29, 0.717) is 12.4 Å². The highest BCUT2D eigenvalue weighted by Crippen LogP contribution is 2.27. The second kappa shape index (κ2) is 8.93. The van der Waals surface area contributed by atoms with Crippen LogP contribution < -0.4 is 10.1 Å². The van der Waals surface area contributed by atoms with Gasteiger partial charge in [0.2, 0.25) is 0 Å². The van der Waals surface area contributed by atoms with Crippen molar-refractivity contribution in [2.45, 2.75) is 13.5 Å². The Morgan fingerprint density at radius 3 is 2.33 bits per heavy atom. The van der Waals surface area contributed by atoms with Gasteiger partial charge in [-0.05, 0) is 48.4 Å². The molecule has 0 unspecified atom stereocenters. The summed E-state index contributed by atoms with van der Waals surface area (Å²) in [7, 11) is 1.66. The second-order valence-corrected chi connectivity index (χ2v) is 7.29. The van der Waals surface area contributed by atoms with Gasteiger partial charge >= 0.3 is 0 Å². The molecule has 2 aromatic heterocycles. The lowest BCUT2D eigenvalue weighted by molar-refractivity contribution is 0.415. The minimum atomic E-state index is 0.650. The predicted octanol–water partition coefficient (Wildman–Crippen LogP) is 5.79. The number of pyridine rings is 1. The molecule has 0 bridgehead atoms. The highest BCUT2D eigenvalue weighted by molar-refractivity contribution is 6.30. The monoisotopic (exact) mass is 416 g/mol. The SMILES string of the molecule is COc1ccc(-c2cncc(-c3cc(NCc4ccc(Cl)cc4)nc(C)n3)c2)cc1. The van der Waals surface area contributed by atoms with Gasteiger partial charge in [-0.3, -0.25) is 4.98 Å². The third-order valence-electron chi connectivity index (χ3n) is 4.68. The fourth-order valence-electron chi connectivity index (χ4n) is 3.12. The molecule has 0 saturated carbocycles. The van der Waals surface area contributed by atoms with E-state index in [1.54, 1.807) is 7.11 Å². The van der Waals surface area contributed by atoms with Gasteiger partial charge in [0.05, 0.1) is 12.8 Å². The maximum Gasteiger partial charge on any atom is 0.130 e. The number of anilines is 1. The van der Waals surface area contributed by atoms with Gasteiger partial charge in [-0.2, -0.15) is 0 Å². The van der Waals surface area contributed by atoms with Crippen LogP contribution in [-0.4, -0.2) is 22.1 Å². The molecule has 2 heterocycles. The summed E-state index contributed by atoms with van der Waals surface area (Å²) in [4.78, 5) is 13.5. The zero-order valence-corrected chi connectivity index (χ0v) is 17.5. The minimum Gasteiger partial charge on any atom is -0.497 e. The molecule has 0 aliphatic carbocycles. The maximum atomic E-state index is 5.96. The Hall–Kier alpha value is -3.44. The van der Waals surface area contributed by atoms with Gasteiger partial charge in [-0.25, -0.2) is 9.97 Å². The van der Waals surface area contributed by atoms with Crippen LogP contribution in [0.15, 0.2) is 73.1 Å². The van der Waals surface area contributed by atoms with Crippen molar-refractivity contribution in [3.05, 3.63) is 89.5 Å². The summed E-state index contributed by atoms with van der Waals surface area (Å²) in [5.74, 6) is 2.29. The molecule has 0 amide bonds. The molecule has 4 rings (SSSR count). The third kappa shape index (κ3) is 4.75. The first-order valence-corrected chi connectivity index (χ1v) is 9.92. The molecule has 30 heavy (non-hydrogen) atoms. The summed E-state index contributed by atoms with van der Waals surface area (Å²) in [5, 5.41) is 4.09. The molecule has 1 N–H and O–H groups in total. The second-order valence-electron chi connectivity index (χ2n) is 6.86. The van der Waals surface area contributed by atoms with Crippen molar-refractivity contribution in [3.8, 4) is 28.1 Å². The smallest absolute Gasteiger partial charge is 0.130 e. The van der Waals surface area contributed by atoms with Gasteiger partial charge in [-0.15, -0.1) is 0 Å². The molecule has 6 heteroatoms. The predicted molar refractivity (Wildman–Crippen MR) is 121 cm³/mol. The number of ether oxygens (including phenoxy) is 1. The number of nitrogens with zero attached hydrogens (tertiary/aromatic N) is 3. The Kier molecular flexibility index (Phi) is 5.91. The van der Waals surface area contributed by atoms with E-state index in [1.165, 1.54) is 0 Å². The first-order chi connectivity index (χ1) is 14.6. The molecule has 0 aliphatic heterocycles. The van der Waals surface area contributed by atoms with Crippen molar-refractivity contribution in [1.82, 2.24) is 15.0 Å². The lowest BCUT2D eigenvalue weighted by Crippen LogP contribution is -2.04. The first-order valence-electron chi connectivity index (χ1n) is 9.54. The number of aryl methyl sites for hydroxylation is 1. The van der Waals surface area contributed by atoms with Crippen LogP contribution in [0.2, 0.25) is 5.02 Å². The van der Waals surface area contributed by atoms with Crippen LogP contribution in [0, 0.1) is 6.92 Å². The van der Waals surface area contributed by atoms with E-state index in [0.717, 1.165) is 44.5 Å². The summed E-state index contributed by atoms with van der Waals surface area (Å²) in [6, 6.07) is 19.7. The molecule has 4 aromatic rings. The summed E-state index contributed by atoms with van der Waals surface area (Å²) >= 11 is 5.96. The molecule has 5 nitrogen and oxygen atoms in total. The van der Waals surface area contributed by atoms with Crippen molar-refractivity contribution < 1.29 is 4.74 Å². The highest BCUT2D eigenvalue weighted by Gasteiger charge is 2.08. The lowest BCUT2D eigenvalue weighted by atomic mass is 10.0. The Morgan fingerprint density at radius 1 is 0.867 bits per heavy atom. The quantitative estimate of drug-likeness (QED) is 0.431. The van der Waals surface area contributed by atoms with Crippen LogP contribution in [0.25, 0.3) is 22.4 Å². The molecule has 0 spiro atoms. The molecule has 0 fully saturated rings. The zero-order chi connectivity index (χ0) is 20.9. The van der Waals surface area contributed by atoms with E-state index in [4.69, 9.17) is 16.3 Å². The van der Waals surface area contributed by atoms with Gasteiger partial charge < -0.3 is 10.1 Å². The molecule has 0 radical (unpaired) electrons. The van der Waals surface area contributed by atoms with Crippen molar-refractivity contribution >= 4 is 17.4 Å². The standard InChI is InChI=1S/C24H21ClN4O/c1-16-28-23(12-24(29-16)27-13-17-3-7-21(25)8-4-17)20-11-19(14-26-15-20)18-5-9-22(30-2)10-6-18/h3-12,14-15H,13H2,1-2H3,(H,27,28,29). The van der Waals surface area contributed by atoms with Crippen molar-refractivity contribution in [3.63, 3.8) is 0 Å². The van der Waals surface area contributed by atoms with E-state index in [1.807, 2.05) is 73.9 Å². The highest BCUT2D eigenvalue weighted by atomic mass is 35.5. The number of aromatic nitrogens is 3. The Labute approximate surface area is 180 Å². The normalized spacial score (nSPS) is 10.6. The van der Waals surface area contributed by atoms with Gasteiger partial charge in [0, 0.05) is 41.2 Å². The summed E-state index contributed by atoms with van der Waals surface area (Å²) in [5.41, 5.74) is 4.96. The number of nitrogens with one attached hydrogen (secondary N) is 1. The fourth-order valence-corrected chi connectivity index (χ4v) is 3.25. The van der Waals surface area contributed by atoms with E-state index in [9.17, 15) is 0 Å². The number of hydrogen-bond acceptors (Lipinski definition) is 5. The van der Waals surface area contributed by atoms with Gasteiger partial charge in [-0.1, -0.05) is 35.9 Å². The van der Waals surface area contributed by atoms with E-state index < -0.39 is 0 Å². The summed E-state index contributed by atoms with van der Waals surface area (Å²) in [6.45, 7) is 2.54. The number of methoxy groups -OCH3 is 1. The number of rotatable bonds is 6. The minimum absolute atomic E-state index is 0.650. The largest absolute Gasteiger partial charge is 0.497 e. The number of benzene rings is 2. The summed E-state index contributed by atoms with van der Waals surface area (Å²) < 4.78 is 5.24. The van der Waals surface area contributed by atoms with Crippen LogP contribution in [0.4, 0.5) is 5.82 Å². The lowest BCUT2D eigenvalue weighted by Gasteiger charge is -2.10. The summed E-state index contributed by atoms with van der Waals surface area (Å²) in [6.07, 6.45) is 3.66. The Morgan fingerprint density at radius 2 is 1.60 bits per heavy atom. The fraction of sp³-hybridized carbons (Fsp3) is 0.125.